The molecule has 78 valence electrons. The number of likely N-dealkylation sites (tertiary alicyclic amines) is 1. The Labute approximate surface area is 85.7 Å². The van der Waals surface area contributed by atoms with Crippen LogP contribution in [-0.2, 0) is 4.79 Å². The van der Waals surface area contributed by atoms with Gasteiger partial charge in [0.05, 0.1) is 0 Å². The maximum absolute atomic E-state index is 11.9. The van der Waals surface area contributed by atoms with Gasteiger partial charge in [-0.2, -0.15) is 0 Å². The second-order valence-electron chi connectivity index (χ2n) is 5.61. The van der Waals surface area contributed by atoms with Crippen molar-refractivity contribution in [2.75, 3.05) is 13.1 Å². The lowest BCUT2D eigenvalue weighted by Gasteiger charge is -2.41. The molecule has 0 unspecified atom stereocenters. The van der Waals surface area contributed by atoms with E-state index in [-0.39, 0.29) is 0 Å². The summed E-state index contributed by atoms with van der Waals surface area (Å²) in [5.74, 6) is 1.62. The summed E-state index contributed by atoms with van der Waals surface area (Å²) >= 11 is 0. The quantitative estimate of drug-likeness (QED) is 0.624. The molecule has 0 bridgehead atoms. The molecule has 14 heavy (non-hydrogen) atoms. The van der Waals surface area contributed by atoms with Gasteiger partial charge in [0.1, 0.15) is 0 Å². The first kappa shape index (κ1) is 8.75. The lowest BCUT2D eigenvalue weighted by molar-refractivity contribution is -0.132. The Hall–Kier alpha value is -0.530. The summed E-state index contributed by atoms with van der Waals surface area (Å²) in [7, 11) is 0. The highest BCUT2D eigenvalue weighted by Crippen LogP contribution is 2.52. The molecule has 2 heteroatoms. The highest BCUT2D eigenvalue weighted by Gasteiger charge is 2.50. The van der Waals surface area contributed by atoms with Crippen LogP contribution in [0.4, 0.5) is 0 Å². The molecule has 3 fully saturated rings. The average Bonchev–Trinajstić information content (AvgIpc) is 2.86. The van der Waals surface area contributed by atoms with Crippen LogP contribution in [0.3, 0.4) is 0 Å². The zero-order valence-corrected chi connectivity index (χ0v) is 8.96. The van der Waals surface area contributed by atoms with Crippen LogP contribution in [-0.4, -0.2) is 23.9 Å². The van der Waals surface area contributed by atoms with Gasteiger partial charge in [-0.1, -0.05) is 13.3 Å². The smallest absolute Gasteiger partial charge is 0.225 e. The summed E-state index contributed by atoms with van der Waals surface area (Å²) in [5.41, 5.74) is 0.546. The van der Waals surface area contributed by atoms with Crippen molar-refractivity contribution < 1.29 is 4.79 Å². The summed E-state index contributed by atoms with van der Waals surface area (Å²) in [5, 5.41) is 0. The van der Waals surface area contributed by atoms with Gasteiger partial charge in [-0.15, -0.1) is 0 Å². The molecule has 0 radical (unpaired) electrons. The van der Waals surface area contributed by atoms with Crippen molar-refractivity contribution in [3.05, 3.63) is 0 Å². The van der Waals surface area contributed by atoms with E-state index in [1.54, 1.807) is 0 Å². The van der Waals surface area contributed by atoms with Gasteiger partial charge < -0.3 is 4.90 Å². The molecule has 2 saturated carbocycles. The molecule has 1 heterocycles. The minimum Gasteiger partial charge on any atom is -0.342 e. The highest BCUT2D eigenvalue weighted by molar-refractivity contribution is 5.81. The number of rotatable bonds is 1. The Bertz CT molecular complexity index is 265. The molecule has 3 aliphatic rings. The number of nitrogens with zero attached hydrogens (tertiary/aromatic N) is 1. The molecule has 2 aliphatic carbocycles. The van der Waals surface area contributed by atoms with Gasteiger partial charge >= 0.3 is 0 Å². The standard InChI is InChI=1S/C12H19NO/c1-9-7-13(11(14)10-3-4-10)8-12(9)5-2-6-12/h9-10H,2-8H2,1H3/t9-/m1/s1. The van der Waals surface area contributed by atoms with Crippen LogP contribution in [0.15, 0.2) is 0 Å². The molecule has 3 rings (SSSR count). The maximum atomic E-state index is 11.9. The fraction of sp³-hybridized carbons (Fsp3) is 0.917. The van der Waals surface area contributed by atoms with Crippen molar-refractivity contribution >= 4 is 5.91 Å². The monoisotopic (exact) mass is 193 g/mol. The van der Waals surface area contributed by atoms with E-state index in [4.69, 9.17) is 0 Å². The second kappa shape index (κ2) is 2.74. The molecule has 1 saturated heterocycles. The van der Waals surface area contributed by atoms with Crippen molar-refractivity contribution in [3.63, 3.8) is 0 Å². The predicted octanol–water partition coefficient (Wildman–Crippen LogP) is 2.04. The van der Waals surface area contributed by atoms with Crippen LogP contribution in [0, 0.1) is 17.3 Å². The van der Waals surface area contributed by atoms with Crippen molar-refractivity contribution in [3.8, 4) is 0 Å². The van der Waals surface area contributed by atoms with Gasteiger partial charge in [0, 0.05) is 19.0 Å². The van der Waals surface area contributed by atoms with Gasteiger partial charge in [0.25, 0.3) is 0 Å². The fourth-order valence-electron chi connectivity index (χ4n) is 3.16. The number of hydrogen-bond donors (Lipinski definition) is 0. The van der Waals surface area contributed by atoms with Gasteiger partial charge in [0.15, 0.2) is 0 Å². The number of carbonyl (C=O) groups is 1. The zero-order valence-electron chi connectivity index (χ0n) is 8.96. The normalized spacial score (nSPS) is 34.6. The lowest BCUT2D eigenvalue weighted by atomic mass is 9.63. The number of carbonyl (C=O) groups excluding carboxylic acids is 1. The third-order valence-corrected chi connectivity index (χ3v) is 4.63. The Morgan fingerprint density at radius 1 is 1.36 bits per heavy atom. The maximum Gasteiger partial charge on any atom is 0.225 e. The summed E-state index contributed by atoms with van der Waals surface area (Å²) in [4.78, 5) is 14.1. The predicted molar refractivity (Wildman–Crippen MR) is 54.8 cm³/mol. The number of hydrogen-bond acceptors (Lipinski definition) is 1. The van der Waals surface area contributed by atoms with E-state index in [0.29, 0.717) is 17.2 Å². The van der Waals surface area contributed by atoms with Crippen LogP contribution in [0.2, 0.25) is 0 Å². The van der Waals surface area contributed by atoms with Crippen molar-refractivity contribution in [2.24, 2.45) is 17.3 Å². The Morgan fingerprint density at radius 3 is 2.50 bits per heavy atom. The largest absolute Gasteiger partial charge is 0.342 e. The summed E-state index contributed by atoms with van der Waals surface area (Å²) in [6.45, 7) is 4.44. The third-order valence-electron chi connectivity index (χ3n) is 4.63. The molecule has 0 aromatic carbocycles. The minimum absolute atomic E-state index is 0.414. The molecule has 0 aromatic heterocycles. The first-order valence-electron chi connectivity index (χ1n) is 6.00. The van der Waals surface area contributed by atoms with E-state index < -0.39 is 0 Å². The van der Waals surface area contributed by atoms with E-state index in [1.165, 1.54) is 19.3 Å². The molecule has 2 nitrogen and oxygen atoms in total. The van der Waals surface area contributed by atoms with Crippen LogP contribution < -0.4 is 0 Å². The van der Waals surface area contributed by atoms with E-state index in [2.05, 4.69) is 11.8 Å². The first-order chi connectivity index (χ1) is 6.71. The Kier molecular flexibility index (Phi) is 1.71. The third kappa shape index (κ3) is 1.12. The molecule has 0 N–H and O–H groups in total. The second-order valence-corrected chi connectivity index (χ2v) is 5.61. The fourth-order valence-corrected chi connectivity index (χ4v) is 3.16. The SMILES string of the molecule is C[C@@H]1CN(C(=O)C2CC2)CC12CCC2. The zero-order chi connectivity index (χ0) is 9.76. The van der Waals surface area contributed by atoms with Crippen molar-refractivity contribution in [1.29, 1.82) is 0 Å². The topological polar surface area (TPSA) is 20.3 Å². The molecule has 1 aliphatic heterocycles. The Morgan fingerprint density at radius 2 is 2.07 bits per heavy atom. The van der Waals surface area contributed by atoms with Crippen molar-refractivity contribution in [1.82, 2.24) is 4.90 Å². The number of amides is 1. The van der Waals surface area contributed by atoms with Gasteiger partial charge in [-0.05, 0) is 37.0 Å². The van der Waals surface area contributed by atoms with Crippen molar-refractivity contribution in [2.45, 2.75) is 39.0 Å². The average molecular weight is 193 g/mol. The summed E-state index contributed by atoms with van der Waals surface area (Å²) < 4.78 is 0. The van der Waals surface area contributed by atoms with E-state index in [9.17, 15) is 4.79 Å². The van der Waals surface area contributed by atoms with Gasteiger partial charge in [0.2, 0.25) is 5.91 Å². The van der Waals surface area contributed by atoms with Crippen LogP contribution in [0.5, 0.6) is 0 Å². The molecule has 1 amide bonds. The highest BCUT2D eigenvalue weighted by atomic mass is 16.2. The van der Waals surface area contributed by atoms with Gasteiger partial charge in [-0.3, -0.25) is 4.79 Å². The van der Waals surface area contributed by atoms with Crippen LogP contribution in [0.1, 0.15) is 39.0 Å². The summed E-state index contributed by atoms with van der Waals surface area (Å²) in [6, 6.07) is 0. The van der Waals surface area contributed by atoms with E-state index in [1.807, 2.05) is 0 Å². The first-order valence-corrected chi connectivity index (χ1v) is 6.00. The lowest BCUT2D eigenvalue weighted by Crippen LogP contribution is -2.38. The molecule has 1 atom stereocenters. The molecule has 1 spiro atoms. The summed E-state index contributed by atoms with van der Waals surface area (Å²) in [6.07, 6.45) is 6.41. The molecule has 0 aromatic rings. The Balaban J connectivity index is 1.70. The molecular weight excluding hydrogens is 174 g/mol. The van der Waals surface area contributed by atoms with E-state index in [0.717, 1.165) is 31.8 Å². The minimum atomic E-state index is 0.414. The van der Waals surface area contributed by atoms with Gasteiger partial charge in [-0.25, -0.2) is 0 Å². The van der Waals surface area contributed by atoms with Crippen LogP contribution >= 0.6 is 0 Å². The van der Waals surface area contributed by atoms with E-state index >= 15 is 0 Å². The van der Waals surface area contributed by atoms with Crippen LogP contribution in [0.25, 0.3) is 0 Å². The molecular formula is C12H19NO.